The van der Waals surface area contributed by atoms with E-state index in [4.69, 9.17) is 0 Å². The normalized spacial score (nSPS) is 15.7. The molecule has 144 valence electrons. The number of hydrogen-bond donors (Lipinski definition) is 1. The molecule has 0 saturated carbocycles. The summed E-state index contributed by atoms with van der Waals surface area (Å²) < 4.78 is 2.25. The highest BCUT2D eigenvalue weighted by molar-refractivity contribution is 5.28. The zero-order chi connectivity index (χ0) is 19.6. The molecule has 2 heteroatoms. The van der Waals surface area contributed by atoms with Gasteiger partial charge in [-0.05, 0) is 40.1 Å². The van der Waals surface area contributed by atoms with Gasteiger partial charge in [0.15, 0.2) is 0 Å². The van der Waals surface area contributed by atoms with Gasteiger partial charge in [-0.2, -0.15) is 0 Å². The summed E-state index contributed by atoms with van der Waals surface area (Å²) in [5.41, 5.74) is 2.04. The molecule has 0 aliphatic heterocycles. The van der Waals surface area contributed by atoms with Gasteiger partial charge in [0.05, 0.1) is 6.54 Å². The molecule has 1 aromatic heterocycles. The lowest BCUT2D eigenvalue weighted by molar-refractivity contribution is -0.696. The molecule has 0 spiro atoms. The van der Waals surface area contributed by atoms with Crippen LogP contribution < -0.4 is 4.57 Å². The standard InChI is InChI=1S/C24H38N2/c1-21(2,3)24(8,15-12-17-26-18-16-25-19-26)23(6,7)22(4,5)20-13-10-9-11-14-20/h9-11,13-14,16,18-19H,12,15,17H2,1-8H3/p+1. The van der Waals surface area contributed by atoms with Crippen LogP contribution in [0.4, 0.5) is 0 Å². The summed E-state index contributed by atoms with van der Waals surface area (Å²) >= 11 is 0. The number of hydrogen-bond acceptors (Lipinski definition) is 0. The van der Waals surface area contributed by atoms with Gasteiger partial charge in [0.25, 0.3) is 0 Å². The summed E-state index contributed by atoms with van der Waals surface area (Å²) in [6.07, 6.45) is 8.55. The molecule has 0 aliphatic rings. The first-order valence-corrected chi connectivity index (χ1v) is 10.0. The van der Waals surface area contributed by atoms with E-state index in [2.05, 4.69) is 101 Å². The van der Waals surface area contributed by atoms with Gasteiger partial charge >= 0.3 is 0 Å². The lowest BCUT2D eigenvalue weighted by Gasteiger charge is -2.60. The number of imidazole rings is 1. The number of aryl methyl sites for hydroxylation is 1. The van der Waals surface area contributed by atoms with E-state index in [9.17, 15) is 0 Å². The van der Waals surface area contributed by atoms with Gasteiger partial charge in [-0.3, -0.25) is 4.98 Å². The predicted molar refractivity (Wildman–Crippen MR) is 111 cm³/mol. The second-order valence-corrected chi connectivity index (χ2v) is 10.2. The van der Waals surface area contributed by atoms with Crippen molar-refractivity contribution in [2.75, 3.05) is 0 Å². The Balaban J connectivity index is 2.34. The van der Waals surface area contributed by atoms with Crippen molar-refractivity contribution >= 4 is 0 Å². The molecule has 2 rings (SSSR count). The summed E-state index contributed by atoms with van der Waals surface area (Å²) in [6, 6.07) is 11.0. The van der Waals surface area contributed by atoms with E-state index >= 15 is 0 Å². The van der Waals surface area contributed by atoms with E-state index in [1.807, 2.05) is 12.5 Å². The average Bonchev–Trinajstić information content (AvgIpc) is 3.07. The van der Waals surface area contributed by atoms with Crippen molar-refractivity contribution in [3.05, 3.63) is 54.6 Å². The summed E-state index contributed by atoms with van der Waals surface area (Å²) in [5, 5.41) is 0. The van der Waals surface area contributed by atoms with E-state index in [0.29, 0.717) is 0 Å². The fourth-order valence-electron chi connectivity index (χ4n) is 4.61. The molecule has 1 unspecified atom stereocenters. The second-order valence-electron chi connectivity index (χ2n) is 10.2. The number of benzene rings is 1. The van der Waals surface area contributed by atoms with Crippen LogP contribution in [0.5, 0.6) is 0 Å². The van der Waals surface area contributed by atoms with E-state index in [0.717, 1.165) is 6.54 Å². The van der Waals surface area contributed by atoms with Crippen molar-refractivity contribution < 1.29 is 4.57 Å². The fourth-order valence-corrected chi connectivity index (χ4v) is 4.61. The van der Waals surface area contributed by atoms with Gasteiger partial charge in [-0.1, -0.05) is 85.7 Å². The van der Waals surface area contributed by atoms with Crippen LogP contribution in [0.3, 0.4) is 0 Å². The molecule has 0 saturated heterocycles. The first-order chi connectivity index (χ1) is 11.9. The van der Waals surface area contributed by atoms with Gasteiger partial charge in [0, 0.05) is 0 Å². The first kappa shape index (κ1) is 20.7. The largest absolute Gasteiger partial charge is 0.250 e. The molecule has 0 bridgehead atoms. The Kier molecular flexibility index (Phi) is 5.75. The average molecular weight is 356 g/mol. The van der Waals surface area contributed by atoms with Crippen LogP contribution in [0.2, 0.25) is 0 Å². The Bertz CT molecular complexity index is 675. The van der Waals surface area contributed by atoms with Gasteiger partial charge < -0.3 is 0 Å². The van der Waals surface area contributed by atoms with Crippen LogP contribution in [0.15, 0.2) is 49.1 Å². The Morgan fingerprint density at radius 2 is 1.50 bits per heavy atom. The van der Waals surface area contributed by atoms with Crippen LogP contribution >= 0.6 is 0 Å². The molecular weight excluding hydrogens is 316 g/mol. The van der Waals surface area contributed by atoms with Crippen molar-refractivity contribution in [2.45, 2.75) is 80.2 Å². The molecule has 0 radical (unpaired) electrons. The number of nitrogens with zero attached hydrogens (tertiary/aromatic N) is 1. The Hall–Kier alpha value is -1.57. The predicted octanol–water partition coefficient (Wildman–Crippen LogP) is 6.14. The van der Waals surface area contributed by atoms with Crippen LogP contribution in [-0.2, 0) is 12.0 Å². The number of rotatable bonds is 7. The quantitative estimate of drug-likeness (QED) is 0.576. The van der Waals surface area contributed by atoms with E-state index in [-0.39, 0.29) is 21.7 Å². The lowest BCUT2D eigenvalue weighted by atomic mass is 9.44. The topological polar surface area (TPSA) is 19.7 Å². The van der Waals surface area contributed by atoms with Crippen molar-refractivity contribution in [1.82, 2.24) is 4.98 Å². The SMILES string of the molecule is CC(C)(C)C(C)(CCC[n+]1cc[nH]c1)C(C)(C)C(C)(C)c1ccccc1. The van der Waals surface area contributed by atoms with Gasteiger partial charge in [-0.25, -0.2) is 4.57 Å². The molecule has 0 aliphatic carbocycles. The molecule has 1 heterocycles. The summed E-state index contributed by atoms with van der Waals surface area (Å²) in [4.78, 5) is 3.15. The minimum Gasteiger partial charge on any atom is -0.250 e. The first-order valence-electron chi connectivity index (χ1n) is 10.0. The third-order valence-corrected chi connectivity index (χ3v) is 7.79. The maximum absolute atomic E-state index is 3.15. The van der Waals surface area contributed by atoms with E-state index < -0.39 is 0 Å². The summed E-state index contributed by atoms with van der Waals surface area (Å²) in [6.45, 7) is 20.6. The van der Waals surface area contributed by atoms with Gasteiger partial charge in [-0.15, -0.1) is 0 Å². The molecule has 1 N–H and O–H groups in total. The third kappa shape index (κ3) is 3.61. The minimum absolute atomic E-state index is 0.0809. The third-order valence-electron chi connectivity index (χ3n) is 7.79. The molecule has 26 heavy (non-hydrogen) atoms. The van der Waals surface area contributed by atoms with Gasteiger partial charge in [0.2, 0.25) is 6.33 Å². The van der Waals surface area contributed by atoms with Crippen LogP contribution in [-0.4, -0.2) is 4.98 Å². The molecule has 2 nitrogen and oxygen atoms in total. The monoisotopic (exact) mass is 355 g/mol. The number of aromatic amines is 1. The molecule has 0 fully saturated rings. The number of nitrogens with one attached hydrogen (secondary N) is 1. The van der Waals surface area contributed by atoms with Crippen LogP contribution in [0.25, 0.3) is 0 Å². The number of H-pyrrole nitrogens is 1. The smallest absolute Gasteiger partial charge is 0.241 e. The van der Waals surface area contributed by atoms with Crippen molar-refractivity contribution in [2.24, 2.45) is 16.2 Å². The zero-order valence-corrected chi connectivity index (χ0v) is 18.2. The van der Waals surface area contributed by atoms with Gasteiger partial charge in [0.1, 0.15) is 12.4 Å². The Morgan fingerprint density at radius 3 is 2.00 bits per heavy atom. The number of aromatic nitrogens is 2. The van der Waals surface area contributed by atoms with Crippen LogP contribution in [0.1, 0.15) is 73.8 Å². The van der Waals surface area contributed by atoms with Crippen molar-refractivity contribution in [1.29, 1.82) is 0 Å². The highest BCUT2D eigenvalue weighted by atomic mass is 15.0. The highest BCUT2D eigenvalue weighted by Crippen LogP contribution is 2.61. The zero-order valence-electron chi connectivity index (χ0n) is 18.2. The summed E-state index contributed by atoms with van der Waals surface area (Å²) in [5.74, 6) is 0. The fraction of sp³-hybridized carbons (Fsp3) is 0.625. The second kappa shape index (κ2) is 7.21. The minimum atomic E-state index is 0.0809. The van der Waals surface area contributed by atoms with E-state index in [1.165, 1.54) is 18.4 Å². The molecule has 2 aromatic rings. The summed E-state index contributed by atoms with van der Waals surface area (Å²) in [7, 11) is 0. The molecular formula is C24H39N2+. The Labute approximate surface area is 161 Å². The maximum Gasteiger partial charge on any atom is 0.241 e. The van der Waals surface area contributed by atoms with E-state index in [1.54, 1.807) is 0 Å². The molecule has 1 atom stereocenters. The maximum atomic E-state index is 3.15. The van der Waals surface area contributed by atoms with Crippen molar-refractivity contribution in [3.63, 3.8) is 0 Å². The van der Waals surface area contributed by atoms with Crippen molar-refractivity contribution in [3.8, 4) is 0 Å². The molecule has 0 amide bonds. The molecule has 1 aromatic carbocycles. The Morgan fingerprint density at radius 1 is 0.885 bits per heavy atom. The lowest BCUT2D eigenvalue weighted by Crippen LogP contribution is -2.54. The highest BCUT2D eigenvalue weighted by Gasteiger charge is 2.55. The van der Waals surface area contributed by atoms with Crippen LogP contribution in [0, 0.1) is 16.2 Å².